The van der Waals surface area contributed by atoms with Gasteiger partial charge in [0.1, 0.15) is 0 Å². The summed E-state index contributed by atoms with van der Waals surface area (Å²) in [5, 5.41) is 6.19. The molecule has 0 bridgehead atoms. The Labute approximate surface area is 102 Å². The van der Waals surface area contributed by atoms with Gasteiger partial charge in [0.2, 0.25) is 5.91 Å². The Morgan fingerprint density at radius 1 is 1.41 bits per heavy atom. The molecule has 0 saturated carbocycles. The van der Waals surface area contributed by atoms with Crippen LogP contribution in [0.1, 0.15) is 19.3 Å². The lowest BCUT2D eigenvalue weighted by Crippen LogP contribution is -2.42. The molecule has 2 aliphatic heterocycles. The Kier molecular flexibility index (Phi) is 5.22. The molecule has 5 heteroatoms. The Balaban J connectivity index is 1.59. The largest absolute Gasteiger partial charge is 0.381 e. The molecule has 1 amide bonds. The fraction of sp³-hybridized carbons (Fsp3) is 0.917. The summed E-state index contributed by atoms with van der Waals surface area (Å²) in [6, 6.07) is 0. The minimum atomic E-state index is 0.0337. The second-order valence-corrected chi connectivity index (χ2v) is 4.79. The molecule has 0 aromatic rings. The summed E-state index contributed by atoms with van der Waals surface area (Å²) in [6.45, 7) is 4.75. The van der Waals surface area contributed by atoms with E-state index in [4.69, 9.17) is 9.47 Å². The molecule has 2 unspecified atom stereocenters. The van der Waals surface area contributed by atoms with E-state index >= 15 is 0 Å². The first-order valence-electron chi connectivity index (χ1n) is 6.51. The molecule has 2 rings (SSSR count). The Bertz CT molecular complexity index is 236. The van der Waals surface area contributed by atoms with E-state index < -0.39 is 0 Å². The number of carbonyl (C=O) groups excluding carboxylic acids is 1. The van der Waals surface area contributed by atoms with Crippen molar-refractivity contribution in [2.75, 3.05) is 39.5 Å². The summed E-state index contributed by atoms with van der Waals surface area (Å²) in [5.41, 5.74) is 0. The summed E-state index contributed by atoms with van der Waals surface area (Å²) in [6.07, 6.45) is 2.75. The van der Waals surface area contributed by atoms with Gasteiger partial charge < -0.3 is 20.1 Å². The Hall–Kier alpha value is -0.650. The minimum absolute atomic E-state index is 0.0337. The molecule has 0 spiro atoms. The lowest BCUT2D eigenvalue weighted by Gasteiger charge is -2.25. The molecule has 2 fully saturated rings. The molecule has 2 N–H and O–H groups in total. The molecule has 0 aliphatic carbocycles. The zero-order valence-corrected chi connectivity index (χ0v) is 10.2. The molecule has 2 heterocycles. The highest BCUT2D eigenvalue weighted by molar-refractivity contribution is 5.76. The van der Waals surface area contributed by atoms with Crippen LogP contribution in [0.2, 0.25) is 0 Å². The van der Waals surface area contributed by atoms with Crippen LogP contribution in [0.4, 0.5) is 0 Å². The SMILES string of the molecule is O=C(CC1CNCCO1)NCC1CCCOC1. The zero-order chi connectivity index (χ0) is 11.9. The highest BCUT2D eigenvalue weighted by Crippen LogP contribution is 2.12. The van der Waals surface area contributed by atoms with Crippen molar-refractivity contribution in [3.8, 4) is 0 Å². The van der Waals surface area contributed by atoms with E-state index in [1.165, 1.54) is 0 Å². The summed E-state index contributed by atoms with van der Waals surface area (Å²) < 4.78 is 10.9. The second-order valence-electron chi connectivity index (χ2n) is 4.79. The van der Waals surface area contributed by atoms with Crippen molar-refractivity contribution in [2.45, 2.75) is 25.4 Å². The van der Waals surface area contributed by atoms with Gasteiger partial charge in [0.15, 0.2) is 0 Å². The van der Waals surface area contributed by atoms with E-state index in [-0.39, 0.29) is 12.0 Å². The van der Waals surface area contributed by atoms with Crippen LogP contribution < -0.4 is 10.6 Å². The zero-order valence-electron chi connectivity index (χ0n) is 10.2. The Morgan fingerprint density at radius 3 is 3.06 bits per heavy atom. The van der Waals surface area contributed by atoms with Gasteiger partial charge in [-0.25, -0.2) is 0 Å². The normalized spacial score (nSPS) is 29.9. The van der Waals surface area contributed by atoms with E-state index in [2.05, 4.69) is 10.6 Å². The summed E-state index contributed by atoms with van der Waals surface area (Å²) in [5.74, 6) is 0.572. The molecular weight excluding hydrogens is 220 g/mol. The maximum Gasteiger partial charge on any atom is 0.222 e. The summed E-state index contributed by atoms with van der Waals surface area (Å²) in [4.78, 5) is 11.7. The van der Waals surface area contributed by atoms with Crippen molar-refractivity contribution in [3.05, 3.63) is 0 Å². The first-order valence-corrected chi connectivity index (χ1v) is 6.51. The lowest BCUT2D eigenvalue weighted by atomic mass is 10.0. The van der Waals surface area contributed by atoms with Crippen LogP contribution in [0.5, 0.6) is 0 Å². The predicted molar refractivity (Wildman–Crippen MR) is 63.8 cm³/mol. The van der Waals surface area contributed by atoms with Gasteiger partial charge in [-0.2, -0.15) is 0 Å². The highest BCUT2D eigenvalue weighted by Gasteiger charge is 2.19. The minimum Gasteiger partial charge on any atom is -0.381 e. The number of rotatable bonds is 4. The summed E-state index contributed by atoms with van der Waals surface area (Å²) >= 11 is 0. The van der Waals surface area contributed by atoms with Gasteiger partial charge >= 0.3 is 0 Å². The number of morpholine rings is 1. The summed E-state index contributed by atoms with van der Waals surface area (Å²) in [7, 11) is 0. The molecule has 17 heavy (non-hydrogen) atoms. The molecular formula is C12H22N2O3. The number of hydrogen-bond acceptors (Lipinski definition) is 4. The van der Waals surface area contributed by atoms with Gasteiger partial charge in [-0.1, -0.05) is 0 Å². The Morgan fingerprint density at radius 2 is 2.35 bits per heavy atom. The van der Waals surface area contributed by atoms with Crippen molar-refractivity contribution in [1.29, 1.82) is 0 Å². The highest BCUT2D eigenvalue weighted by atomic mass is 16.5. The van der Waals surface area contributed by atoms with Crippen LogP contribution in [0.3, 0.4) is 0 Å². The third-order valence-corrected chi connectivity index (χ3v) is 3.26. The van der Waals surface area contributed by atoms with Gasteiger partial charge in [-0.15, -0.1) is 0 Å². The lowest BCUT2D eigenvalue weighted by molar-refractivity contribution is -0.124. The average Bonchev–Trinajstić information content (AvgIpc) is 2.39. The number of hydrogen-bond donors (Lipinski definition) is 2. The average molecular weight is 242 g/mol. The van der Waals surface area contributed by atoms with E-state index in [1.54, 1.807) is 0 Å². The van der Waals surface area contributed by atoms with Crippen molar-refractivity contribution < 1.29 is 14.3 Å². The molecule has 0 aromatic heterocycles. The molecule has 2 saturated heterocycles. The van der Waals surface area contributed by atoms with Crippen LogP contribution in [-0.4, -0.2) is 51.5 Å². The van der Waals surface area contributed by atoms with Gasteiger partial charge in [-0.3, -0.25) is 4.79 Å². The maximum absolute atomic E-state index is 11.7. The molecule has 98 valence electrons. The van der Waals surface area contributed by atoms with Crippen molar-refractivity contribution in [3.63, 3.8) is 0 Å². The molecule has 0 aromatic carbocycles. The maximum atomic E-state index is 11.7. The fourth-order valence-corrected chi connectivity index (χ4v) is 2.26. The van der Waals surface area contributed by atoms with Crippen LogP contribution in [0.15, 0.2) is 0 Å². The standard InChI is InChI=1S/C12H22N2O3/c15-12(6-11-8-13-3-5-17-11)14-7-10-2-1-4-16-9-10/h10-11,13H,1-9H2,(H,14,15). The van der Waals surface area contributed by atoms with E-state index in [0.717, 1.165) is 45.7 Å². The van der Waals surface area contributed by atoms with E-state index in [9.17, 15) is 4.79 Å². The first-order chi connectivity index (χ1) is 8.34. The van der Waals surface area contributed by atoms with Gasteiger partial charge in [0.05, 0.1) is 25.7 Å². The van der Waals surface area contributed by atoms with Gasteiger partial charge in [-0.05, 0) is 18.8 Å². The van der Waals surface area contributed by atoms with Gasteiger partial charge in [0.25, 0.3) is 0 Å². The monoisotopic (exact) mass is 242 g/mol. The van der Waals surface area contributed by atoms with Crippen LogP contribution in [-0.2, 0) is 14.3 Å². The van der Waals surface area contributed by atoms with Crippen LogP contribution >= 0.6 is 0 Å². The van der Waals surface area contributed by atoms with Gasteiger partial charge in [0, 0.05) is 26.2 Å². The van der Waals surface area contributed by atoms with Crippen LogP contribution in [0.25, 0.3) is 0 Å². The number of nitrogens with one attached hydrogen (secondary N) is 2. The van der Waals surface area contributed by atoms with Crippen molar-refractivity contribution >= 4 is 5.91 Å². The quantitative estimate of drug-likeness (QED) is 0.723. The number of amides is 1. The third kappa shape index (κ3) is 4.61. The third-order valence-electron chi connectivity index (χ3n) is 3.26. The molecule has 0 radical (unpaired) electrons. The molecule has 2 atom stereocenters. The number of ether oxygens (including phenoxy) is 2. The van der Waals surface area contributed by atoms with E-state index in [1.807, 2.05) is 0 Å². The predicted octanol–water partition coefficient (Wildman–Crippen LogP) is -0.0923. The smallest absolute Gasteiger partial charge is 0.222 e. The van der Waals surface area contributed by atoms with Crippen molar-refractivity contribution in [2.24, 2.45) is 5.92 Å². The molecule has 2 aliphatic rings. The van der Waals surface area contributed by atoms with E-state index in [0.29, 0.717) is 18.9 Å². The van der Waals surface area contributed by atoms with Crippen LogP contribution in [0, 0.1) is 5.92 Å². The topological polar surface area (TPSA) is 59.6 Å². The number of carbonyl (C=O) groups is 1. The first kappa shape index (κ1) is 12.8. The second kappa shape index (κ2) is 6.93. The fourth-order valence-electron chi connectivity index (χ4n) is 2.26. The molecule has 5 nitrogen and oxygen atoms in total. The van der Waals surface area contributed by atoms with Crippen molar-refractivity contribution in [1.82, 2.24) is 10.6 Å².